The molecule has 0 bridgehead atoms. The first-order valence-corrected chi connectivity index (χ1v) is 5.51. The van der Waals surface area contributed by atoms with E-state index in [1.165, 1.54) is 0 Å². The quantitative estimate of drug-likeness (QED) is 0.861. The molecule has 4 heteroatoms. The van der Waals surface area contributed by atoms with E-state index in [4.69, 9.17) is 10.00 Å². The molecule has 0 saturated heterocycles. The third kappa shape index (κ3) is 2.63. The standard InChI is InChI=1S/C13H15N3O/c1-13(2,3)17-8-11-15-10-6-4-5-9(7-14)12(10)16-11/h4-6H,8H2,1-3H3,(H,15,16). The number of rotatable bonds is 2. The van der Waals surface area contributed by atoms with E-state index in [2.05, 4.69) is 16.0 Å². The molecule has 0 aliphatic heterocycles. The monoisotopic (exact) mass is 229 g/mol. The predicted octanol–water partition coefficient (Wildman–Crippen LogP) is 2.75. The third-order valence-corrected chi connectivity index (χ3v) is 2.32. The molecule has 2 rings (SSSR count). The smallest absolute Gasteiger partial charge is 0.133 e. The summed E-state index contributed by atoms with van der Waals surface area (Å²) in [6, 6.07) is 7.64. The number of ether oxygens (including phenoxy) is 1. The maximum atomic E-state index is 8.97. The number of hydrogen-bond donors (Lipinski definition) is 1. The molecule has 4 nitrogen and oxygen atoms in total. The Labute approximate surface area is 100 Å². The molecule has 1 heterocycles. The second kappa shape index (κ2) is 4.19. The van der Waals surface area contributed by atoms with Gasteiger partial charge in [0.15, 0.2) is 0 Å². The first-order chi connectivity index (χ1) is 7.99. The lowest BCUT2D eigenvalue weighted by molar-refractivity contribution is -0.0177. The number of nitriles is 1. The van der Waals surface area contributed by atoms with Crippen LogP contribution < -0.4 is 0 Å². The van der Waals surface area contributed by atoms with Crippen molar-refractivity contribution in [1.29, 1.82) is 5.26 Å². The van der Waals surface area contributed by atoms with Gasteiger partial charge in [0.05, 0.1) is 16.7 Å². The Kier molecular flexibility index (Phi) is 2.86. The molecule has 0 atom stereocenters. The number of hydrogen-bond acceptors (Lipinski definition) is 3. The van der Waals surface area contributed by atoms with E-state index >= 15 is 0 Å². The van der Waals surface area contributed by atoms with Crippen LogP contribution in [0.25, 0.3) is 11.0 Å². The zero-order valence-corrected chi connectivity index (χ0v) is 10.2. The molecule has 0 aliphatic rings. The Bertz CT molecular complexity index is 572. The van der Waals surface area contributed by atoms with Crippen molar-refractivity contribution in [1.82, 2.24) is 9.97 Å². The van der Waals surface area contributed by atoms with Crippen molar-refractivity contribution >= 4 is 11.0 Å². The minimum Gasteiger partial charge on any atom is -0.368 e. The van der Waals surface area contributed by atoms with Crippen molar-refractivity contribution in [3.05, 3.63) is 29.6 Å². The lowest BCUT2D eigenvalue weighted by Gasteiger charge is -2.18. The van der Waals surface area contributed by atoms with Crippen molar-refractivity contribution in [2.75, 3.05) is 0 Å². The fourth-order valence-electron chi connectivity index (χ4n) is 1.53. The molecule has 0 saturated carbocycles. The second-order valence-electron chi connectivity index (χ2n) is 4.90. The van der Waals surface area contributed by atoms with E-state index in [0.717, 1.165) is 11.3 Å². The number of imidazole rings is 1. The molecule has 0 fully saturated rings. The van der Waals surface area contributed by atoms with Gasteiger partial charge in [-0.15, -0.1) is 0 Å². The molecule has 0 aliphatic carbocycles. The van der Waals surface area contributed by atoms with Gasteiger partial charge >= 0.3 is 0 Å². The molecular weight excluding hydrogens is 214 g/mol. The molecule has 0 unspecified atom stereocenters. The summed E-state index contributed by atoms with van der Waals surface area (Å²) in [5.74, 6) is 0.748. The minimum absolute atomic E-state index is 0.197. The van der Waals surface area contributed by atoms with E-state index in [0.29, 0.717) is 17.7 Å². The summed E-state index contributed by atoms with van der Waals surface area (Å²) in [5, 5.41) is 8.97. The Morgan fingerprint density at radius 1 is 1.41 bits per heavy atom. The third-order valence-electron chi connectivity index (χ3n) is 2.32. The highest BCUT2D eigenvalue weighted by atomic mass is 16.5. The first kappa shape index (κ1) is 11.6. The maximum Gasteiger partial charge on any atom is 0.133 e. The Balaban J connectivity index is 2.30. The number of fused-ring (bicyclic) bond motifs is 1. The summed E-state index contributed by atoms with van der Waals surface area (Å²) < 4.78 is 5.64. The van der Waals surface area contributed by atoms with Crippen LogP contribution in [0.2, 0.25) is 0 Å². The van der Waals surface area contributed by atoms with E-state index < -0.39 is 0 Å². The van der Waals surface area contributed by atoms with Crippen LogP contribution in [0.15, 0.2) is 18.2 Å². The normalized spacial score (nSPS) is 11.6. The summed E-state index contributed by atoms with van der Waals surface area (Å²) in [6.07, 6.45) is 0. The fraction of sp³-hybridized carbons (Fsp3) is 0.385. The number of aromatic nitrogens is 2. The highest BCUT2D eigenvalue weighted by Crippen LogP contribution is 2.17. The van der Waals surface area contributed by atoms with Gasteiger partial charge in [-0.2, -0.15) is 5.26 Å². The second-order valence-corrected chi connectivity index (χ2v) is 4.90. The van der Waals surface area contributed by atoms with Gasteiger partial charge in [-0.25, -0.2) is 4.98 Å². The lowest BCUT2D eigenvalue weighted by atomic mass is 10.2. The predicted molar refractivity (Wildman–Crippen MR) is 65.4 cm³/mol. The van der Waals surface area contributed by atoms with Crippen molar-refractivity contribution in [3.8, 4) is 6.07 Å². The molecule has 1 aromatic carbocycles. The average molecular weight is 229 g/mol. The van der Waals surface area contributed by atoms with Crippen LogP contribution >= 0.6 is 0 Å². The molecule has 17 heavy (non-hydrogen) atoms. The largest absolute Gasteiger partial charge is 0.368 e. The van der Waals surface area contributed by atoms with Crippen molar-refractivity contribution in [2.45, 2.75) is 33.0 Å². The number of nitrogens with zero attached hydrogens (tertiary/aromatic N) is 2. The molecule has 1 aromatic heterocycles. The number of para-hydroxylation sites is 1. The van der Waals surface area contributed by atoms with Crippen LogP contribution in [0.5, 0.6) is 0 Å². The van der Waals surface area contributed by atoms with Crippen LogP contribution in [-0.4, -0.2) is 15.6 Å². The van der Waals surface area contributed by atoms with Crippen LogP contribution in [0.1, 0.15) is 32.2 Å². The van der Waals surface area contributed by atoms with Gasteiger partial charge in [-0.05, 0) is 32.9 Å². The SMILES string of the molecule is CC(C)(C)OCc1nc2c(C#N)cccc2[nH]1. The van der Waals surface area contributed by atoms with Gasteiger partial charge in [-0.3, -0.25) is 0 Å². The highest BCUT2D eigenvalue weighted by molar-refractivity contribution is 5.81. The topological polar surface area (TPSA) is 61.7 Å². The van der Waals surface area contributed by atoms with E-state index in [1.54, 1.807) is 6.07 Å². The molecule has 0 radical (unpaired) electrons. The molecule has 0 spiro atoms. The molecule has 88 valence electrons. The zero-order valence-electron chi connectivity index (χ0n) is 10.2. The lowest BCUT2D eigenvalue weighted by Crippen LogP contribution is -2.19. The number of nitrogens with one attached hydrogen (secondary N) is 1. The molecular formula is C13H15N3O. The van der Waals surface area contributed by atoms with E-state index in [1.807, 2.05) is 32.9 Å². The Morgan fingerprint density at radius 3 is 2.82 bits per heavy atom. The Morgan fingerprint density at radius 2 is 2.18 bits per heavy atom. The van der Waals surface area contributed by atoms with E-state index in [9.17, 15) is 0 Å². The fourth-order valence-corrected chi connectivity index (χ4v) is 1.53. The number of aromatic amines is 1. The van der Waals surface area contributed by atoms with Crippen LogP contribution in [0, 0.1) is 11.3 Å². The molecule has 1 N–H and O–H groups in total. The first-order valence-electron chi connectivity index (χ1n) is 5.51. The molecule has 2 aromatic rings. The van der Waals surface area contributed by atoms with Gasteiger partial charge in [-0.1, -0.05) is 6.07 Å². The van der Waals surface area contributed by atoms with Gasteiger partial charge in [0.1, 0.15) is 24.0 Å². The number of H-pyrrole nitrogens is 1. The van der Waals surface area contributed by atoms with Crippen LogP contribution in [0.4, 0.5) is 0 Å². The van der Waals surface area contributed by atoms with Crippen LogP contribution in [-0.2, 0) is 11.3 Å². The Hall–Kier alpha value is -1.86. The van der Waals surface area contributed by atoms with Gasteiger partial charge < -0.3 is 9.72 Å². The zero-order chi connectivity index (χ0) is 12.5. The minimum atomic E-state index is -0.197. The summed E-state index contributed by atoms with van der Waals surface area (Å²) in [4.78, 5) is 7.54. The summed E-state index contributed by atoms with van der Waals surface area (Å²) in [6.45, 7) is 6.41. The summed E-state index contributed by atoms with van der Waals surface area (Å²) in [5.41, 5.74) is 1.97. The van der Waals surface area contributed by atoms with Crippen molar-refractivity contribution in [2.24, 2.45) is 0 Å². The maximum absolute atomic E-state index is 8.97. The number of benzene rings is 1. The van der Waals surface area contributed by atoms with Gasteiger partial charge in [0, 0.05) is 0 Å². The summed E-state index contributed by atoms with van der Waals surface area (Å²) >= 11 is 0. The average Bonchev–Trinajstić information content (AvgIpc) is 2.67. The summed E-state index contributed by atoms with van der Waals surface area (Å²) in [7, 11) is 0. The van der Waals surface area contributed by atoms with Gasteiger partial charge in [0.2, 0.25) is 0 Å². The van der Waals surface area contributed by atoms with Crippen molar-refractivity contribution in [3.63, 3.8) is 0 Å². The molecule has 0 amide bonds. The van der Waals surface area contributed by atoms with Crippen molar-refractivity contribution < 1.29 is 4.74 Å². The van der Waals surface area contributed by atoms with Gasteiger partial charge in [0.25, 0.3) is 0 Å². The highest BCUT2D eigenvalue weighted by Gasteiger charge is 2.12. The van der Waals surface area contributed by atoms with E-state index in [-0.39, 0.29) is 5.60 Å². The van der Waals surface area contributed by atoms with Crippen LogP contribution in [0.3, 0.4) is 0 Å².